The summed E-state index contributed by atoms with van der Waals surface area (Å²) in [6, 6.07) is 26.2. The zero-order valence-electron chi connectivity index (χ0n) is 30.1. The highest BCUT2D eigenvalue weighted by Crippen LogP contribution is 2.47. The molecule has 48 heavy (non-hydrogen) atoms. The van der Waals surface area contributed by atoms with Crippen LogP contribution < -0.4 is 18.1 Å². The molecule has 0 fully saturated rings. The number of benzene rings is 5. The Bertz CT molecular complexity index is 1830. The van der Waals surface area contributed by atoms with Gasteiger partial charge in [0.2, 0.25) is 0 Å². The van der Waals surface area contributed by atoms with Gasteiger partial charge < -0.3 is 18.1 Å². The van der Waals surface area contributed by atoms with E-state index in [1.807, 2.05) is 0 Å². The van der Waals surface area contributed by atoms with E-state index in [0.29, 0.717) is 0 Å². The fraction of sp³-hybridized carbons (Fsp3) is 0.286. The molecule has 0 aliphatic rings. The molecule has 0 amide bonds. The molecule has 0 heterocycles. The van der Waals surface area contributed by atoms with E-state index in [9.17, 15) is 0 Å². The summed E-state index contributed by atoms with van der Waals surface area (Å²) in [6.07, 6.45) is 0. The van der Waals surface area contributed by atoms with Crippen LogP contribution in [-0.4, -0.2) is 0 Å². The fourth-order valence-electron chi connectivity index (χ4n) is 6.40. The Labute approximate surface area is 291 Å². The SMILES string of the molecule is Cc1ccc(C(c2cc(C)cc(C)c2OPOc2cc(C)cc(C)c2C)c2cc(C)cc(C)c2OPOc2cc(C)cc(C)c2C)cc1. The first kappa shape index (κ1) is 35.5. The van der Waals surface area contributed by atoms with Crippen LogP contribution in [0.1, 0.15) is 83.8 Å². The molecule has 0 radical (unpaired) electrons. The van der Waals surface area contributed by atoms with Crippen molar-refractivity contribution >= 4 is 18.1 Å². The van der Waals surface area contributed by atoms with Crippen LogP contribution in [-0.2, 0) is 0 Å². The molecule has 250 valence electrons. The van der Waals surface area contributed by atoms with Gasteiger partial charge in [-0.1, -0.05) is 77.4 Å². The Hall–Kier alpha value is -3.84. The minimum Gasteiger partial charge on any atom is -0.440 e. The van der Waals surface area contributed by atoms with Gasteiger partial charge in [0.1, 0.15) is 23.0 Å². The van der Waals surface area contributed by atoms with E-state index in [1.54, 1.807) is 0 Å². The number of hydrogen-bond acceptors (Lipinski definition) is 4. The summed E-state index contributed by atoms with van der Waals surface area (Å²) in [4.78, 5) is 0. The smallest absolute Gasteiger partial charge is 0.275 e. The van der Waals surface area contributed by atoms with Gasteiger partial charge in [-0.05, 0) is 138 Å². The fourth-order valence-corrected chi connectivity index (χ4v) is 7.81. The minimum absolute atomic E-state index is 0.159. The molecule has 2 atom stereocenters. The van der Waals surface area contributed by atoms with Gasteiger partial charge in [-0.25, -0.2) is 0 Å². The maximum Gasteiger partial charge on any atom is 0.275 e. The highest BCUT2D eigenvalue weighted by molar-refractivity contribution is 7.27. The zero-order valence-corrected chi connectivity index (χ0v) is 32.1. The predicted molar refractivity (Wildman–Crippen MR) is 204 cm³/mol. The quantitative estimate of drug-likeness (QED) is 0.103. The van der Waals surface area contributed by atoms with Gasteiger partial charge in [-0.15, -0.1) is 0 Å². The zero-order chi connectivity index (χ0) is 34.7. The summed E-state index contributed by atoms with van der Waals surface area (Å²) >= 11 is 0. The predicted octanol–water partition coefficient (Wildman–Crippen LogP) is 12.2. The number of aryl methyl sites for hydroxylation is 9. The van der Waals surface area contributed by atoms with Crippen LogP contribution in [0.4, 0.5) is 0 Å². The molecule has 5 aromatic carbocycles. The largest absolute Gasteiger partial charge is 0.440 e. The van der Waals surface area contributed by atoms with Gasteiger partial charge in [0.15, 0.2) is 0 Å². The van der Waals surface area contributed by atoms with Gasteiger partial charge in [0.05, 0.1) is 0 Å². The molecule has 0 N–H and O–H groups in total. The van der Waals surface area contributed by atoms with Crippen LogP contribution >= 0.6 is 18.1 Å². The summed E-state index contributed by atoms with van der Waals surface area (Å²) in [5, 5.41) is 0. The molecule has 4 nitrogen and oxygen atoms in total. The summed E-state index contributed by atoms with van der Waals surface area (Å²) < 4.78 is 25.8. The van der Waals surface area contributed by atoms with E-state index >= 15 is 0 Å². The molecule has 0 aliphatic heterocycles. The van der Waals surface area contributed by atoms with Gasteiger partial charge >= 0.3 is 0 Å². The molecule has 0 bridgehead atoms. The highest BCUT2D eigenvalue weighted by atomic mass is 31.1. The lowest BCUT2D eigenvalue weighted by atomic mass is 9.81. The molecule has 0 spiro atoms. The first-order chi connectivity index (χ1) is 22.8. The Morgan fingerprint density at radius 3 is 1.19 bits per heavy atom. The van der Waals surface area contributed by atoms with Crippen LogP contribution in [0.25, 0.3) is 0 Å². The molecule has 0 aromatic heterocycles. The maximum absolute atomic E-state index is 6.63. The summed E-state index contributed by atoms with van der Waals surface area (Å²) in [7, 11) is -0.410. The Kier molecular flexibility index (Phi) is 11.2. The third-order valence-corrected chi connectivity index (χ3v) is 10.2. The molecule has 0 saturated carbocycles. The van der Waals surface area contributed by atoms with Crippen molar-refractivity contribution in [2.24, 2.45) is 0 Å². The summed E-state index contributed by atoms with van der Waals surface area (Å²) in [5.41, 5.74) is 16.0. The van der Waals surface area contributed by atoms with E-state index in [2.05, 4.69) is 149 Å². The van der Waals surface area contributed by atoms with Gasteiger partial charge in [0, 0.05) is 17.0 Å². The minimum atomic E-state index is -0.205. The van der Waals surface area contributed by atoms with Crippen molar-refractivity contribution in [3.05, 3.63) is 151 Å². The van der Waals surface area contributed by atoms with Crippen molar-refractivity contribution in [3.8, 4) is 23.0 Å². The number of rotatable bonds is 11. The maximum atomic E-state index is 6.63. The van der Waals surface area contributed by atoms with Crippen molar-refractivity contribution < 1.29 is 18.1 Å². The second-order valence-electron chi connectivity index (χ2n) is 13.3. The second kappa shape index (κ2) is 15.1. The molecule has 5 aromatic rings. The lowest BCUT2D eigenvalue weighted by molar-refractivity contribution is 0.501. The van der Waals surface area contributed by atoms with Crippen molar-refractivity contribution in [3.63, 3.8) is 0 Å². The topological polar surface area (TPSA) is 36.9 Å². The molecule has 0 saturated heterocycles. The second-order valence-corrected chi connectivity index (χ2v) is 14.5. The molecular weight excluding hydrogens is 630 g/mol. The summed E-state index contributed by atoms with van der Waals surface area (Å²) in [6.45, 7) is 23.3. The lowest BCUT2D eigenvalue weighted by Gasteiger charge is -2.27. The molecule has 6 heteroatoms. The van der Waals surface area contributed by atoms with Gasteiger partial charge in [-0.3, -0.25) is 0 Å². The van der Waals surface area contributed by atoms with E-state index in [1.165, 1.54) is 38.9 Å². The van der Waals surface area contributed by atoms with Crippen molar-refractivity contribution in [1.29, 1.82) is 0 Å². The standard InChI is InChI=1S/C42H48O4P2/c1-24-12-14-35(15-13-24)40(36-20-25(2)18-31(8)41(36)45-47-43-38-22-27(4)16-29(6)33(38)10)37-21-26(3)19-32(9)42(37)46-48-44-39-23-28(5)17-30(7)34(39)11/h12-23,40,47-48H,1-11H3. The average Bonchev–Trinajstić information content (AvgIpc) is 3.01. The summed E-state index contributed by atoms with van der Waals surface area (Å²) in [5.74, 6) is 3.23. The average molecular weight is 679 g/mol. The highest BCUT2D eigenvalue weighted by Gasteiger charge is 2.27. The van der Waals surface area contributed by atoms with Crippen molar-refractivity contribution in [2.45, 2.75) is 82.1 Å². The van der Waals surface area contributed by atoms with E-state index < -0.39 is 0 Å². The van der Waals surface area contributed by atoms with Gasteiger partial charge in [-0.2, -0.15) is 0 Å². The van der Waals surface area contributed by atoms with Crippen LogP contribution in [0.3, 0.4) is 0 Å². The normalized spacial score (nSPS) is 12.2. The first-order valence-electron chi connectivity index (χ1n) is 16.4. The Morgan fingerprint density at radius 2 is 0.771 bits per heavy atom. The first-order valence-corrected chi connectivity index (χ1v) is 18.1. The van der Waals surface area contributed by atoms with E-state index in [0.717, 1.165) is 61.9 Å². The lowest BCUT2D eigenvalue weighted by Crippen LogP contribution is -2.09. The van der Waals surface area contributed by atoms with E-state index in [-0.39, 0.29) is 24.0 Å². The van der Waals surface area contributed by atoms with E-state index in [4.69, 9.17) is 18.1 Å². The van der Waals surface area contributed by atoms with Crippen LogP contribution in [0.15, 0.2) is 72.8 Å². The van der Waals surface area contributed by atoms with Crippen LogP contribution in [0.5, 0.6) is 23.0 Å². The van der Waals surface area contributed by atoms with Gasteiger partial charge in [0.25, 0.3) is 18.1 Å². The van der Waals surface area contributed by atoms with Crippen molar-refractivity contribution in [2.75, 3.05) is 0 Å². The molecule has 0 aliphatic carbocycles. The third-order valence-electron chi connectivity index (χ3n) is 9.05. The Morgan fingerprint density at radius 1 is 0.396 bits per heavy atom. The van der Waals surface area contributed by atoms with Crippen molar-refractivity contribution in [1.82, 2.24) is 0 Å². The molecule has 5 rings (SSSR count). The number of hydrogen-bond donors (Lipinski definition) is 0. The van der Waals surface area contributed by atoms with Crippen LogP contribution in [0.2, 0.25) is 0 Å². The molecule has 2 unspecified atom stereocenters. The Balaban J connectivity index is 1.57. The van der Waals surface area contributed by atoms with Crippen LogP contribution in [0, 0.1) is 76.2 Å². The molecular formula is C42H48O4P2. The third kappa shape index (κ3) is 8.06. The monoisotopic (exact) mass is 678 g/mol.